The second kappa shape index (κ2) is 40.9. The van der Waals surface area contributed by atoms with Crippen LogP contribution in [0.25, 0.3) is 10.4 Å². The van der Waals surface area contributed by atoms with E-state index in [1.165, 1.54) is 17.2 Å². The lowest BCUT2D eigenvalue weighted by Gasteiger charge is -2.39. The van der Waals surface area contributed by atoms with Crippen LogP contribution in [0.1, 0.15) is 139 Å². The molecule has 2 aromatic heterocycles. The summed E-state index contributed by atoms with van der Waals surface area (Å²) >= 11 is 2.64. The number of likely N-dealkylation sites (N-methyl/N-ethyl adjacent to an activating group) is 1. The lowest BCUT2D eigenvalue weighted by Crippen LogP contribution is -2.59. The van der Waals surface area contributed by atoms with Crippen LogP contribution in [0.4, 0.5) is 4.79 Å². The van der Waals surface area contributed by atoms with Crippen LogP contribution in [0.15, 0.2) is 52.3 Å². The molecule has 92 heavy (non-hydrogen) atoms. The molecule has 30 heteroatoms. The molecule has 1 aliphatic rings. The monoisotopic (exact) mass is 1360 g/mol. The Morgan fingerprint density at radius 2 is 1.60 bits per heavy atom. The smallest absolute Gasteiger partial charge is 0.412 e. The van der Waals surface area contributed by atoms with E-state index in [2.05, 4.69) is 67.1 Å². The molecule has 0 spiro atoms. The molecule has 1 unspecified atom stereocenters. The van der Waals surface area contributed by atoms with E-state index in [1.807, 2.05) is 46.6 Å². The number of azide groups is 1. The number of carboxylic acid groups (broad SMARTS) is 1. The normalized spacial score (nSPS) is 15.6. The number of likely N-dealkylation sites (tertiary alicyclic amines) is 1. The lowest BCUT2D eigenvalue weighted by molar-refractivity contribution is -0.160. The van der Waals surface area contributed by atoms with E-state index in [0.717, 1.165) is 53.3 Å². The summed E-state index contributed by atoms with van der Waals surface area (Å²) in [7, 11) is -2.37. The molecule has 1 fully saturated rings. The largest absolute Gasteiger partial charge is 0.481 e. The van der Waals surface area contributed by atoms with Crippen LogP contribution in [0, 0.1) is 17.8 Å². The van der Waals surface area contributed by atoms with E-state index in [0.29, 0.717) is 77.0 Å². The number of hydrogen-bond acceptors (Lipinski definition) is 21. The summed E-state index contributed by atoms with van der Waals surface area (Å²) in [5.41, 5.74) is 9.86. The highest BCUT2D eigenvalue weighted by molar-refractivity contribution is 8.00. The third kappa shape index (κ3) is 29.1. The van der Waals surface area contributed by atoms with Crippen molar-refractivity contribution >= 4 is 81.5 Å². The van der Waals surface area contributed by atoms with E-state index in [4.69, 9.17) is 38.1 Å². The highest BCUT2D eigenvalue weighted by Crippen LogP contribution is 2.33. The molecule has 1 saturated heterocycles. The predicted molar refractivity (Wildman–Crippen MR) is 355 cm³/mol. The maximum atomic E-state index is 15.0. The Kier molecular flexibility index (Phi) is 34.8. The SMILES string of the molecule is CCCC(=O)OCN(C(=O)[C@H](NC(=O)[C@@H]1CCCCN1C)C(C)CC)[C@@H](C[C@H](OC(C)=O)c1nc(C(=O)N[C@H](Cc2ccc(OC(=O)NCCC[Si](C)(C)O[Si](C)(C)CSc3ncc(COCCOCCOCCN=[N+]=[N-])cn3)cc2)C[C@@H](C)C(=O)O)cs1)C(C)C. The maximum absolute atomic E-state index is 15.0. The number of esters is 2. The van der Waals surface area contributed by atoms with Crippen molar-refractivity contribution in [1.82, 2.24) is 40.7 Å². The van der Waals surface area contributed by atoms with Gasteiger partial charge in [0, 0.05) is 78.6 Å². The number of rotatable bonds is 43. The van der Waals surface area contributed by atoms with Crippen LogP contribution >= 0.6 is 23.1 Å². The minimum atomic E-state index is -2.13. The molecule has 26 nitrogen and oxygen atoms in total. The number of thioether (sulfide) groups is 1. The topological polar surface area (TPSA) is 334 Å². The number of piperidine rings is 1. The van der Waals surface area contributed by atoms with Gasteiger partial charge in [-0.3, -0.25) is 33.7 Å². The Morgan fingerprint density at radius 3 is 2.23 bits per heavy atom. The van der Waals surface area contributed by atoms with E-state index < -0.39 is 95.4 Å². The number of carbonyl (C=O) groups is 7. The van der Waals surface area contributed by atoms with Gasteiger partial charge in [0.1, 0.15) is 22.5 Å². The second-order valence-electron chi connectivity index (χ2n) is 24.7. The number of carbonyl (C=O) groups excluding carboxylic acids is 6. The van der Waals surface area contributed by atoms with Gasteiger partial charge in [-0.15, -0.1) is 11.3 Å². The van der Waals surface area contributed by atoms with Crippen LogP contribution in [-0.4, -0.2) is 184 Å². The molecule has 1 aromatic carbocycles. The van der Waals surface area contributed by atoms with Gasteiger partial charge in [-0.2, -0.15) is 0 Å². The highest BCUT2D eigenvalue weighted by Gasteiger charge is 2.40. The average Bonchev–Trinajstić information content (AvgIpc) is 1.24. The van der Waals surface area contributed by atoms with Crippen molar-refractivity contribution in [2.45, 2.75) is 187 Å². The van der Waals surface area contributed by atoms with Crippen LogP contribution in [0.2, 0.25) is 32.2 Å². The van der Waals surface area contributed by atoms with E-state index in [9.17, 15) is 38.7 Å². The number of thiazole rings is 1. The standard InChI is InChI=1S/C62H99N11O15S2Si2/c1-13-18-54(75)85-40-73(59(78)55(43(5)14-2)70-57(77)51-19-15-16-26-72(51)8)52(42(3)4)35-53(86-45(7)74)58-69-50(39-89-58)56(76)68-48(33-44(6)60(79)80)34-46-20-22-49(23-21-46)87-62(81)64-24-17-32-91(9,10)88-92(11,12)41-90-61-65-36-47(37-66-61)38-84-31-30-83-29-28-82-27-25-67-71-63/h20-23,36-37,39,42-44,48,51-53,55H,13-19,24-35,38,40-41H2,1-12H3,(H,64,81)(H,68,76)(H,70,77)(H,79,80)/t43?,44-,48+,51+,52+,53+,55-/m1/s1. The minimum absolute atomic E-state index is 0.00127. The molecule has 0 bridgehead atoms. The first kappa shape index (κ1) is 78.4. The van der Waals surface area contributed by atoms with Gasteiger partial charge in [0.15, 0.2) is 34.6 Å². The molecule has 4 N–H and O–H groups in total. The Bertz CT molecular complexity index is 2840. The molecule has 1 aliphatic heterocycles. The summed E-state index contributed by atoms with van der Waals surface area (Å²) in [6, 6.07) is 4.77. The molecular formula is C62H99N11O15S2Si2. The summed E-state index contributed by atoms with van der Waals surface area (Å²) in [5, 5.41) is 25.4. The summed E-state index contributed by atoms with van der Waals surface area (Å²) in [6.07, 6.45) is 6.54. The maximum Gasteiger partial charge on any atom is 0.412 e. The molecular weight excluding hydrogens is 1260 g/mol. The fraction of sp³-hybridized carbons (Fsp3) is 0.677. The van der Waals surface area contributed by atoms with Crippen molar-refractivity contribution in [3.8, 4) is 5.75 Å². The summed E-state index contributed by atoms with van der Waals surface area (Å²) < 4.78 is 40.5. The number of nitrogens with zero attached hydrogens (tertiary/aromatic N) is 8. The molecule has 7 atom stereocenters. The first-order valence-electron chi connectivity index (χ1n) is 31.8. The van der Waals surface area contributed by atoms with Crippen molar-refractivity contribution in [3.05, 3.63) is 74.3 Å². The molecule has 0 radical (unpaired) electrons. The number of carboxylic acids is 1. The van der Waals surface area contributed by atoms with Gasteiger partial charge in [-0.1, -0.05) is 83.4 Å². The quantitative estimate of drug-likeness (QED) is 0.00471. The number of ether oxygens (including phenoxy) is 6. The molecule has 3 heterocycles. The van der Waals surface area contributed by atoms with E-state index >= 15 is 0 Å². The van der Waals surface area contributed by atoms with Gasteiger partial charge in [0.2, 0.25) is 11.8 Å². The summed E-state index contributed by atoms with van der Waals surface area (Å²) in [4.78, 5) is 113. The van der Waals surface area contributed by atoms with Crippen molar-refractivity contribution in [2.75, 3.05) is 71.8 Å². The molecule has 4 amide bonds. The fourth-order valence-electron chi connectivity index (χ4n) is 10.3. The van der Waals surface area contributed by atoms with Crippen LogP contribution in [0.5, 0.6) is 5.75 Å². The lowest BCUT2D eigenvalue weighted by atomic mass is 9.92. The number of aromatic nitrogens is 3. The first-order chi connectivity index (χ1) is 43.7. The zero-order chi connectivity index (χ0) is 67.8. The van der Waals surface area contributed by atoms with Crippen LogP contribution in [0.3, 0.4) is 0 Å². The third-order valence-electron chi connectivity index (χ3n) is 15.3. The number of aliphatic carboxylic acids is 1. The second-order valence-corrected chi connectivity index (χ2v) is 35.8. The van der Waals surface area contributed by atoms with Crippen molar-refractivity contribution < 1.29 is 71.2 Å². The molecule has 3 aromatic rings. The number of hydrogen-bond donors (Lipinski definition) is 4. The van der Waals surface area contributed by atoms with E-state index in [-0.39, 0.29) is 66.4 Å². The molecule has 4 rings (SSSR count). The molecule has 0 saturated carbocycles. The Morgan fingerprint density at radius 1 is 0.913 bits per heavy atom. The minimum Gasteiger partial charge on any atom is -0.481 e. The number of benzene rings is 1. The van der Waals surface area contributed by atoms with Gasteiger partial charge in [-0.05, 0) is 119 Å². The van der Waals surface area contributed by atoms with Crippen molar-refractivity contribution in [2.24, 2.45) is 22.9 Å². The van der Waals surface area contributed by atoms with Crippen LogP contribution < -0.4 is 20.7 Å². The molecule has 512 valence electrons. The van der Waals surface area contributed by atoms with Gasteiger partial charge >= 0.3 is 24.0 Å². The number of nitrogens with one attached hydrogen (secondary N) is 3. The zero-order valence-corrected chi connectivity index (χ0v) is 59.4. The Hall–Kier alpha value is -6.09. The summed E-state index contributed by atoms with van der Waals surface area (Å²) in [5.74, 6) is -4.63. The van der Waals surface area contributed by atoms with Gasteiger partial charge < -0.3 is 58.5 Å². The molecule has 0 aliphatic carbocycles. The zero-order valence-electron chi connectivity index (χ0n) is 55.8. The predicted octanol–water partition coefficient (Wildman–Crippen LogP) is 9.65. The van der Waals surface area contributed by atoms with Crippen LogP contribution in [-0.2, 0) is 64.8 Å². The summed E-state index contributed by atoms with van der Waals surface area (Å²) in [6.45, 7) is 24.3. The van der Waals surface area contributed by atoms with Gasteiger partial charge in [0.25, 0.3) is 5.91 Å². The van der Waals surface area contributed by atoms with E-state index in [1.54, 1.807) is 55.3 Å². The third-order valence-corrected chi connectivity index (χ3v) is 26.1. The fourth-order valence-corrected chi connectivity index (χ4v) is 21.5. The van der Waals surface area contributed by atoms with Crippen molar-refractivity contribution in [1.29, 1.82) is 0 Å². The number of amides is 4. The van der Waals surface area contributed by atoms with Gasteiger partial charge in [0.05, 0.1) is 51.6 Å². The Balaban J connectivity index is 1.33. The van der Waals surface area contributed by atoms with Gasteiger partial charge in [-0.25, -0.2) is 19.7 Å². The van der Waals surface area contributed by atoms with Crippen molar-refractivity contribution in [3.63, 3.8) is 0 Å². The first-order valence-corrected chi connectivity index (χ1v) is 39.9. The average molecular weight is 1360 g/mol. The Labute approximate surface area is 552 Å². The highest BCUT2D eigenvalue weighted by atomic mass is 32.2.